The highest BCUT2D eigenvalue weighted by molar-refractivity contribution is 6.02. The van der Waals surface area contributed by atoms with Gasteiger partial charge >= 0.3 is 0 Å². The van der Waals surface area contributed by atoms with Gasteiger partial charge in [-0.25, -0.2) is 0 Å². The predicted molar refractivity (Wildman–Crippen MR) is 61.6 cm³/mol. The molecule has 2 nitrogen and oxygen atoms in total. The SMILES string of the molecule is NC1(C(=O)C2=CCCCCC2)CCCC1. The lowest BCUT2D eigenvalue weighted by Gasteiger charge is -2.23. The topological polar surface area (TPSA) is 43.1 Å². The average molecular weight is 207 g/mol. The van der Waals surface area contributed by atoms with Gasteiger partial charge in [-0.1, -0.05) is 25.3 Å². The van der Waals surface area contributed by atoms with Gasteiger partial charge in [-0.15, -0.1) is 0 Å². The van der Waals surface area contributed by atoms with E-state index in [1.54, 1.807) is 0 Å². The van der Waals surface area contributed by atoms with Crippen molar-refractivity contribution in [3.63, 3.8) is 0 Å². The Morgan fingerprint density at radius 1 is 1.13 bits per heavy atom. The third-order valence-corrected chi connectivity index (χ3v) is 3.78. The van der Waals surface area contributed by atoms with E-state index in [4.69, 9.17) is 5.73 Å². The number of carbonyl (C=O) groups is 1. The molecule has 0 spiro atoms. The van der Waals surface area contributed by atoms with Crippen LogP contribution in [0.15, 0.2) is 11.6 Å². The first-order valence-electron chi connectivity index (χ1n) is 6.25. The van der Waals surface area contributed by atoms with Crippen LogP contribution in [0.2, 0.25) is 0 Å². The van der Waals surface area contributed by atoms with Gasteiger partial charge < -0.3 is 5.73 Å². The van der Waals surface area contributed by atoms with Gasteiger partial charge in [0, 0.05) is 0 Å². The number of Topliss-reactive ketones (excluding diaryl/α,β-unsaturated/α-hetero) is 1. The molecule has 0 aliphatic heterocycles. The maximum Gasteiger partial charge on any atom is 0.178 e. The van der Waals surface area contributed by atoms with E-state index < -0.39 is 5.54 Å². The van der Waals surface area contributed by atoms with E-state index in [0.717, 1.165) is 50.5 Å². The average Bonchev–Trinajstić information content (AvgIpc) is 2.54. The molecule has 84 valence electrons. The molecule has 0 radical (unpaired) electrons. The fourth-order valence-electron chi connectivity index (χ4n) is 2.77. The number of nitrogens with two attached hydrogens (primary N) is 1. The second-order valence-corrected chi connectivity index (χ2v) is 5.02. The molecule has 2 rings (SSSR count). The Morgan fingerprint density at radius 2 is 1.87 bits per heavy atom. The molecule has 0 amide bonds. The van der Waals surface area contributed by atoms with Crippen LogP contribution < -0.4 is 5.73 Å². The quantitative estimate of drug-likeness (QED) is 0.756. The number of allylic oxidation sites excluding steroid dienone is 1. The molecule has 2 heteroatoms. The number of rotatable bonds is 2. The predicted octanol–water partition coefficient (Wildman–Crippen LogP) is 2.72. The van der Waals surface area contributed by atoms with Crippen molar-refractivity contribution < 1.29 is 4.79 Å². The first-order chi connectivity index (χ1) is 7.22. The first kappa shape index (κ1) is 10.9. The lowest BCUT2D eigenvalue weighted by molar-refractivity contribution is -0.120. The van der Waals surface area contributed by atoms with Crippen LogP contribution in [-0.2, 0) is 4.79 Å². The van der Waals surface area contributed by atoms with E-state index >= 15 is 0 Å². The maximum atomic E-state index is 12.3. The summed E-state index contributed by atoms with van der Waals surface area (Å²) in [6.07, 6.45) is 11.8. The Kier molecular flexibility index (Phi) is 3.25. The summed E-state index contributed by atoms with van der Waals surface area (Å²) >= 11 is 0. The zero-order valence-corrected chi connectivity index (χ0v) is 9.43. The first-order valence-corrected chi connectivity index (χ1v) is 6.25. The Balaban J connectivity index is 2.08. The molecule has 0 heterocycles. The molecule has 0 unspecified atom stereocenters. The molecule has 1 fully saturated rings. The molecule has 2 aliphatic carbocycles. The highest BCUT2D eigenvalue weighted by atomic mass is 16.1. The Morgan fingerprint density at radius 3 is 2.60 bits per heavy atom. The van der Waals surface area contributed by atoms with Crippen LogP contribution in [0, 0.1) is 0 Å². The summed E-state index contributed by atoms with van der Waals surface area (Å²) in [6, 6.07) is 0. The van der Waals surface area contributed by atoms with Gasteiger partial charge in [0.05, 0.1) is 5.54 Å². The van der Waals surface area contributed by atoms with Crippen LogP contribution >= 0.6 is 0 Å². The number of hydrogen-bond donors (Lipinski definition) is 1. The summed E-state index contributed by atoms with van der Waals surface area (Å²) < 4.78 is 0. The van der Waals surface area contributed by atoms with E-state index in [0.29, 0.717) is 0 Å². The molecule has 0 aromatic carbocycles. The number of ketones is 1. The van der Waals surface area contributed by atoms with E-state index in [1.165, 1.54) is 12.8 Å². The molecular weight excluding hydrogens is 186 g/mol. The van der Waals surface area contributed by atoms with Crippen LogP contribution in [0.3, 0.4) is 0 Å². The standard InChI is InChI=1S/C13H21NO/c14-13(9-5-6-10-13)12(15)11-7-3-1-2-4-8-11/h7H,1-6,8-10,14H2. The fraction of sp³-hybridized carbons (Fsp3) is 0.769. The van der Waals surface area contributed by atoms with E-state index in [9.17, 15) is 4.79 Å². The molecule has 1 saturated carbocycles. The highest BCUT2D eigenvalue weighted by Gasteiger charge is 2.38. The van der Waals surface area contributed by atoms with Gasteiger partial charge in [-0.05, 0) is 44.1 Å². The lowest BCUT2D eigenvalue weighted by Crippen LogP contribution is -2.45. The van der Waals surface area contributed by atoms with Crippen molar-refractivity contribution in [1.82, 2.24) is 0 Å². The van der Waals surface area contributed by atoms with Gasteiger partial charge in [-0.2, -0.15) is 0 Å². The second-order valence-electron chi connectivity index (χ2n) is 5.02. The van der Waals surface area contributed by atoms with E-state index in [-0.39, 0.29) is 5.78 Å². The van der Waals surface area contributed by atoms with Crippen molar-refractivity contribution in [3.05, 3.63) is 11.6 Å². The van der Waals surface area contributed by atoms with Gasteiger partial charge in [0.25, 0.3) is 0 Å². The second kappa shape index (κ2) is 4.48. The van der Waals surface area contributed by atoms with Crippen molar-refractivity contribution in [1.29, 1.82) is 0 Å². The van der Waals surface area contributed by atoms with Crippen molar-refractivity contribution in [3.8, 4) is 0 Å². The van der Waals surface area contributed by atoms with Crippen molar-refractivity contribution in [2.24, 2.45) is 5.73 Å². The van der Waals surface area contributed by atoms with E-state index in [1.807, 2.05) is 0 Å². The summed E-state index contributed by atoms with van der Waals surface area (Å²) in [5.41, 5.74) is 6.72. The van der Waals surface area contributed by atoms with Crippen LogP contribution in [0.4, 0.5) is 0 Å². The van der Waals surface area contributed by atoms with Crippen molar-refractivity contribution >= 4 is 5.78 Å². The smallest absolute Gasteiger partial charge is 0.178 e. The van der Waals surface area contributed by atoms with E-state index in [2.05, 4.69) is 6.08 Å². The summed E-state index contributed by atoms with van der Waals surface area (Å²) in [5, 5.41) is 0. The maximum absolute atomic E-state index is 12.3. The monoisotopic (exact) mass is 207 g/mol. The molecule has 0 atom stereocenters. The molecule has 2 N–H and O–H groups in total. The molecule has 0 bridgehead atoms. The normalized spacial score (nSPS) is 25.8. The van der Waals surface area contributed by atoms with Crippen LogP contribution in [0.1, 0.15) is 57.8 Å². The third-order valence-electron chi connectivity index (χ3n) is 3.78. The highest BCUT2D eigenvalue weighted by Crippen LogP contribution is 2.32. The fourth-order valence-corrected chi connectivity index (χ4v) is 2.77. The van der Waals surface area contributed by atoms with Crippen molar-refractivity contribution in [2.45, 2.75) is 63.3 Å². The van der Waals surface area contributed by atoms with Crippen LogP contribution in [0.5, 0.6) is 0 Å². The Labute approximate surface area is 91.9 Å². The van der Waals surface area contributed by atoms with Crippen molar-refractivity contribution in [2.75, 3.05) is 0 Å². The molecular formula is C13H21NO. The largest absolute Gasteiger partial charge is 0.319 e. The number of hydrogen-bond acceptors (Lipinski definition) is 2. The van der Waals surface area contributed by atoms with Crippen LogP contribution in [0.25, 0.3) is 0 Å². The Bertz CT molecular complexity index is 274. The minimum atomic E-state index is -0.504. The van der Waals surface area contributed by atoms with Gasteiger partial charge in [-0.3, -0.25) is 4.79 Å². The minimum Gasteiger partial charge on any atom is -0.319 e. The molecule has 15 heavy (non-hydrogen) atoms. The lowest BCUT2D eigenvalue weighted by atomic mass is 9.87. The number of carbonyl (C=O) groups excluding carboxylic acids is 1. The van der Waals surface area contributed by atoms with Gasteiger partial charge in [0.2, 0.25) is 0 Å². The van der Waals surface area contributed by atoms with Gasteiger partial charge in [0.15, 0.2) is 5.78 Å². The summed E-state index contributed by atoms with van der Waals surface area (Å²) in [5.74, 6) is 0.252. The summed E-state index contributed by atoms with van der Waals surface area (Å²) in [6.45, 7) is 0. The summed E-state index contributed by atoms with van der Waals surface area (Å²) in [4.78, 5) is 12.3. The third kappa shape index (κ3) is 2.31. The van der Waals surface area contributed by atoms with Gasteiger partial charge in [0.1, 0.15) is 0 Å². The summed E-state index contributed by atoms with van der Waals surface area (Å²) in [7, 11) is 0. The van der Waals surface area contributed by atoms with Crippen LogP contribution in [-0.4, -0.2) is 11.3 Å². The molecule has 2 aliphatic rings. The molecule has 0 aromatic rings. The minimum absolute atomic E-state index is 0.252. The molecule has 0 saturated heterocycles. The zero-order valence-electron chi connectivity index (χ0n) is 9.43. The molecule has 0 aromatic heterocycles. The zero-order chi connectivity index (χ0) is 10.7. The Hall–Kier alpha value is -0.630.